The number of aromatic nitrogens is 3. The van der Waals surface area contributed by atoms with E-state index in [0.29, 0.717) is 29.0 Å². The molecule has 148 valence electrons. The summed E-state index contributed by atoms with van der Waals surface area (Å²) in [6.45, 7) is 4.53. The number of carbonyl (C=O) groups is 1. The summed E-state index contributed by atoms with van der Waals surface area (Å²) in [6.07, 6.45) is 0. The minimum Gasteiger partial charge on any atom is -0.506 e. The number of phenolic OH excluding ortho intramolecular Hbond substituents is 1. The lowest BCUT2D eigenvalue weighted by Crippen LogP contribution is -2.15. The van der Waals surface area contributed by atoms with Crippen molar-refractivity contribution in [1.82, 2.24) is 14.8 Å². The summed E-state index contributed by atoms with van der Waals surface area (Å²) < 4.78 is 7.82. The van der Waals surface area contributed by atoms with Crippen molar-refractivity contribution in [2.24, 2.45) is 0 Å². The van der Waals surface area contributed by atoms with E-state index >= 15 is 0 Å². The van der Waals surface area contributed by atoms with Crippen molar-refractivity contribution in [2.45, 2.75) is 25.5 Å². The number of thioether (sulfide) groups is 1. The van der Waals surface area contributed by atoms with Crippen LogP contribution >= 0.6 is 11.8 Å². The number of hydrogen-bond acceptors (Lipinski definition) is 6. The SMILES string of the molecule is CCn1c(SCC(=O)Nc2cc(C)ccc2O)nnc1-c1cc2ccccc2o1. The molecular weight excluding hydrogens is 388 g/mol. The van der Waals surface area contributed by atoms with Crippen molar-refractivity contribution in [1.29, 1.82) is 0 Å². The average Bonchev–Trinajstić information content (AvgIpc) is 3.32. The molecule has 2 heterocycles. The van der Waals surface area contributed by atoms with Crippen LogP contribution in [0.15, 0.2) is 58.1 Å². The standard InChI is InChI=1S/C21H20N4O3S/c1-3-25-20(18-11-14-6-4-5-7-17(14)28-18)23-24-21(25)29-12-19(27)22-15-10-13(2)8-9-16(15)26/h4-11,26H,3,12H2,1-2H3,(H,22,27). The first-order chi connectivity index (χ1) is 14.0. The Morgan fingerprint density at radius 1 is 1.21 bits per heavy atom. The first kappa shape index (κ1) is 19.1. The number of para-hydroxylation sites is 1. The summed E-state index contributed by atoms with van der Waals surface area (Å²) in [5.41, 5.74) is 2.14. The van der Waals surface area contributed by atoms with Gasteiger partial charge >= 0.3 is 0 Å². The summed E-state index contributed by atoms with van der Waals surface area (Å²) in [7, 11) is 0. The molecule has 2 N–H and O–H groups in total. The minimum absolute atomic E-state index is 0.0397. The number of nitrogens with one attached hydrogen (secondary N) is 1. The van der Waals surface area contributed by atoms with E-state index in [1.807, 2.05) is 48.7 Å². The van der Waals surface area contributed by atoms with E-state index in [-0.39, 0.29) is 17.4 Å². The monoisotopic (exact) mass is 408 g/mol. The maximum atomic E-state index is 12.3. The molecule has 0 atom stereocenters. The van der Waals surface area contributed by atoms with Gasteiger partial charge in [0, 0.05) is 11.9 Å². The molecule has 0 saturated heterocycles. The van der Waals surface area contributed by atoms with Gasteiger partial charge in [0.25, 0.3) is 0 Å². The fraction of sp³-hybridized carbons (Fsp3) is 0.190. The third-order valence-corrected chi connectivity index (χ3v) is 5.40. The maximum Gasteiger partial charge on any atom is 0.234 e. The highest BCUT2D eigenvalue weighted by Gasteiger charge is 2.18. The van der Waals surface area contributed by atoms with E-state index in [9.17, 15) is 9.90 Å². The molecular formula is C21H20N4O3S. The minimum atomic E-state index is -0.230. The predicted octanol–water partition coefficient (Wildman–Crippen LogP) is 4.46. The quantitative estimate of drug-likeness (QED) is 0.361. The van der Waals surface area contributed by atoms with E-state index in [1.54, 1.807) is 18.2 Å². The molecule has 0 unspecified atom stereocenters. The lowest BCUT2D eigenvalue weighted by molar-refractivity contribution is -0.113. The van der Waals surface area contributed by atoms with Crippen LogP contribution in [0.4, 0.5) is 5.69 Å². The summed E-state index contributed by atoms with van der Waals surface area (Å²) in [4.78, 5) is 12.3. The molecule has 2 aromatic carbocycles. The smallest absolute Gasteiger partial charge is 0.234 e. The van der Waals surface area contributed by atoms with Gasteiger partial charge in [0.1, 0.15) is 11.3 Å². The zero-order valence-corrected chi connectivity index (χ0v) is 16.9. The molecule has 2 aromatic heterocycles. The lowest BCUT2D eigenvalue weighted by atomic mass is 10.2. The highest BCUT2D eigenvalue weighted by Crippen LogP contribution is 2.29. The molecule has 0 aliphatic carbocycles. The summed E-state index contributed by atoms with van der Waals surface area (Å²) in [5, 5.41) is 22.7. The Hall–Kier alpha value is -3.26. The largest absolute Gasteiger partial charge is 0.506 e. The molecule has 29 heavy (non-hydrogen) atoms. The first-order valence-electron chi connectivity index (χ1n) is 9.19. The fourth-order valence-electron chi connectivity index (χ4n) is 3.02. The van der Waals surface area contributed by atoms with Gasteiger partial charge in [0.05, 0.1) is 11.4 Å². The molecule has 4 aromatic rings. The highest BCUT2D eigenvalue weighted by atomic mass is 32.2. The number of anilines is 1. The number of aromatic hydroxyl groups is 1. The molecule has 1 amide bonds. The number of phenols is 1. The molecule has 0 aliphatic rings. The molecule has 0 aliphatic heterocycles. The summed E-state index contributed by atoms with van der Waals surface area (Å²) in [6, 6.07) is 14.8. The van der Waals surface area contributed by atoms with Crippen LogP contribution in [0.1, 0.15) is 12.5 Å². The van der Waals surface area contributed by atoms with E-state index in [4.69, 9.17) is 4.42 Å². The third-order valence-electron chi connectivity index (χ3n) is 4.44. The molecule has 0 bridgehead atoms. The van der Waals surface area contributed by atoms with Gasteiger partial charge < -0.3 is 14.8 Å². The van der Waals surface area contributed by atoms with Crippen molar-refractivity contribution in [2.75, 3.05) is 11.1 Å². The number of hydrogen-bond donors (Lipinski definition) is 2. The molecule has 0 radical (unpaired) electrons. The van der Waals surface area contributed by atoms with Gasteiger partial charge in [-0.2, -0.15) is 0 Å². The van der Waals surface area contributed by atoms with Crippen molar-refractivity contribution in [3.8, 4) is 17.3 Å². The van der Waals surface area contributed by atoms with Crippen LogP contribution in [0, 0.1) is 6.92 Å². The molecule has 7 nitrogen and oxygen atoms in total. The number of fused-ring (bicyclic) bond motifs is 1. The Kier molecular flexibility index (Phi) is 5.26. The van der Waals surface area contributed by atoms with Crippen LogP contribution in [0.2, 0.25) is 0 Å². The van der Waals surface area contributed by atoms with E-state index < -0.39 is 0 Å². The van der Waals surface area contributed by atoms with E-state index in [0.717, 1.165) is 16.5 Å². The number of benzene rings is 2. The van der Waals surface area contributed by atoms with Crippen molar-refractivity contribution >= 4 is 34.3 Å². The third kappa shape index (κ3) is 3.97. The van der Waals surface area contributed by atoms with E-state index in [1.165, 1.54) is 11.8 Å². The number of furan rings is 1. The number of amides is 1. The second kappa shape index (κ2) is 8.00. The normalized spacial score (nSPS) is 11.1. The van der Waals surface area contributed by atoms with Crippen molar-refractivity contribution in [3.63, 3.8) is 0 Å². The predicted molar refractivity (Wildman–Crippen MR) is 113 cm³/mol. The summed E-state index contributed by atoms with van der Waals surface area (Å²) >= 11 is 1.29. The molecule has 0 spiro atoms. The Balaban J connectivity index is 1.49. The van der Waals surface area contributed by atoms with Gasteiger partial charge in [0.2, 0.25) is 11.7 Å². The Morgan fingerprint density at radius 2 is 2.03 bits per heavy atom. The Bertz CT molecular complexity index is 1150. The number of aryl methyl sites for hydroxylation is 1. The molecule has 8 heteroatoms. The second-order valence-corrected chi connectivity index (χ2v) is 7.50. The van der Waals surface area contributed by atoms with Gasteiger partial charge in [0.15, 0.2) is 10.9 Å². The summed E-state index contributed by atoms with van der Waals surface area (Å²) in [5.74, 6) is 1.22. The van der Waals surface area contributed by atoms with Gasteiger partial charge in [-0.3, -0.25) is 9.36 Å². The molecule has 0 fully saturated rings. The highest BCUT2D eigenvalue weighted by molar-refractivity contribution is 7.99. The number of nitrogens with zero attached hydrogens (tertiary/aromatic N) is 3. The van der Waals surface area contributed by atoms with Crippen molar-refractivity contribution in [3.05, 3.63) is 54.1 Å². The first-order valence-corrected chi connectivity index (χ1v) is 10.2. The van der Waals surface area contributed by atoms with Gasteiger partial charge in [-0.15, -0.1) is 10.2 Å². The van der Waals surface area contributed by atoms with Crippen molar-refractivity contribution < 1.29 is 14.3 Å². The fourth-order valence-corrected chi connectivity index (χ4v) is 3.82. The Morgan fingerprint density at radius 3 is 2.83 bits per heavy atom. The zero-order valence-electron chi connectivity index (χ0n) is 16.0. The lowest BCUT2D eigenvalue weighted by Gasteiger charge is -2.08. The van der Waals surface area contributed by atoms with E-state index in [2.05, 4.69) is 15.5 Å². The molecule has 4 rings (SSSR count). The van der Waals surface area contributed by atoms with Gasteiger partial charge in [-0.25, -0.2) is 0 Å². The number of rotatable bonds is 6. The van der Waals surface area contributed by atoms with Gasteiger partial charge in [-0.05, 0) is 43.7 Å². The maximum absolute atomic E-state index is 12.3. The van der Waals surface area contributed by atoms with Crippen LogP contribution in [0.3, 0.4) is 0 Å². The van der Waals surface area contributed by atoms with Crippen LogP contribution < -0.4 is 5.32 Å². The van der Waals surface area contributed by atoms with Crippen LogP contribution in [-0.2, 0) is 11.3 Å². The topological polar surface area (TPSA) is 93.2 Å². The Labute approximate surface area is 171 Å². The van der Waals surface area contributed by atoms with Crippen LogP contribution in [0.25, 0.3) is 22.6 Å². The molecule has 0 saturated carbocycles. The number of carbonyl (C=O) groups excluding carboxylic acids is 1. The van der Waals surface area contributed by atoms with Crippen LogP contribution in [0.5, 0.6) is 5.75 Å². The average molecular weight is 408 g/mol. The van der Waals surface area contributed by atoms with Crippen LogP contribution in [-0.4, -0.2) is 31.5 Å². The zero-order chi connectivity index (χ0) is 20.4. The second-order valence-electron chi connectivity index (χ2n) is 6.56. The van der Waals surface area contributed by atoms with Gasteiger partial charge in [-0.1, -0.05) is 36.0 Å².